The Labute approximate surface area is 157 Å². The Hall–Kier alpha value is -3.15. The molecule has 1 heterocycles. The second-order valence-corrected chi connectivity index (χ2v) is 6.51. The number of rotatable bonds is 6. The van der Waals surface area contributed by atoms with E-state index in [1.165, 1.54) is 0 Å². The molecule has 140 valence electrons. The number of benzene rings is 2. The number of H-pyrrole nitrogens is 1. The number of hydrogen-bond donors (Lipinski definition) is 1. The number of amides is 1. The number of ether oxygens (including phenoxy) is 1. The van der Waals surface area contributed by atoms with Crippen LogP contribution in [0.1, 0.15) is 37.0 Å². The van der Waals surface area contributed by atoms with E-state index in [9.17, 15) is 9.59 Å². The summed E-state index contributed by atoms with van der Waals surface area (Å²) in [5.41, 5.74) is 0.983. The molecule has 0 unspecified atom stereocenters. The first-order valence-corrected chi connectivity index (χ1v) is 9.01. The first kappa shape index (κ1) is 18.6. The molecule has 0 aliphatic carbocycles. The van der Waals surface area contributed by atoms with Crippen molar-refractivity contribution in [2.24, 2.45) is 0 Å². The first-order valence-electron chi connectivity index (χ1n) is 9.01. The monoisotopic (exact) mass is 365 g/mol. The predicted octanol–water partition coefficient (Wildman–Crippen LogP) is 3.37. The van der Waals surface area contributed by atoms with Crippen molar-refractivity contribution in [3.8, 4) is 5.75 Å². The molecule has 0 radical (unpaired) electrons. The third kappa shape index (κ3) is 4.16. The smallest absolute Gasteiger partial charge is 0.258 e. The van der Waals surface area contributed by atoms with E-state index in [0.29, 0.717) is 28.9 Å². The fraction of sp³-hybridized carbons (Fsp3) is 0.286. The normalized spacial score (nSPS) is 11.0. The van der Waals surface area contributed by atoms with Crippen LogP contribution in [-0.4, -0.2) is 33.4 Å². The third-order valence-corrected chi connectivity index (χ3v) is 4.28. The van der Waals surface area contributed by atoms with Crippen molar-refractivity contribution in [2.45, 2.75) is 33.4 Å². The largest absolute Gasteiger partial charge is 0.494 e. The van der Waals surface area contributed by atoms with E-state index in [1.807, 2.05) is 26.8 Å². The molecule has 1 aromatic heterocycles. The highest BCUT2D eigenvalue weighted by Crippen LogP contribution is 2.16. The Morgan fingerprint density at radius 2 is 1.85 bits per heavy atom. The summed E-state index contributed by atoms with van der Waals surface area (Å²) in [4.78, 5) is 34.2. The number of carbonyl (C=O) groups excluding carboxylic acids is 1. The van der Waals surface area contributed by atoms with Gasteiger partial charge in [0.25, 0.3) is 11.5 Å². The van der Waals surface area contributed by atoms with Gasteiger partial charge in [0.05, 0.1) is 24.1 Å². The van der Waals surface area contributed by atoms with Crippen LogP contribution in [0.15, 0.2) is 53.3 Å². The average molecular weight is 365 g/mol. The second kappa shape index (κ2) is 8.03. The summed E-state index contributed by atoms with van der Waals surface area (Å²) in [5, 5.41) is 0.537. The van der Waals surface area contributed by atoms with E-state index in [-0.39, 0.29) is 24.1 Å². The molecular formula is C21H23N3O3. The third-order valence-electron chi connectivity index (χ3n) is 4.28. The fourth-order valence-corrected chi connectivity index (χ4v) is 2.89. The van der Waals surface area contributed by atoms with Crippen LogP contribution in [0.4, 0.5) is 0 Å². The molecule has 0 aliphatic rings. The Kier molecular flexibility index (Phi) is 5.54. The van der Waals surface area contributed by atoms with Crippen LogP contribution in [0.2, 0.25) is 0 Å². The quantitative estimate of drug-likeness (QED) is 0.727. The van der Waals surface area contributed by atoms with Gasteiger partial charge in [-0.15, -0.1) is 0 Å². The maximum atomic E-state index is 13.0. The number of aromatic nitrogens is 2. The molecular weight excluding hydrogens is 342 g/mol. The van der Waals surface area contributed by atoms with Gasteiger partial charge in [0, 0.05) is 11.6 Å². The number of hydrogen-bond acceptors (Lipinski definition) is 4. The van der Waals surface area contributed by atoms with Gasteiger partial charge in [-0.3, -0.25) is 9.59 Å². The summed E-state index contributed by atoms with van der Waals surface area (Å²) in [6, 6.07) is 14.2. The van der Waals surface area contributed by atoms with Crippen LogP contribution >= 0.6 is 0 Å². The van der Waals surface area contributed by atoms with Crippen LogP contribution in [0.25, 0.3) is 10.9 Å². The summed E-state index contributed by atoms with van der Waals surface area (Å²) in [6.07, 6.45) is 0. The SMILES string of the molecule is CCOc1ccc(C(=O)N(Cc2nc3ccccc3c(=O)[nH]2)C(C)C)cc1. The molecule has 0 bridgehead atoms. The molecule has 1 N–H and O–H groups in total. The number of carbonyl (C=O) groups is 1. The zero-order valence-electron chi connectivity index (χ0n) is 15.7. The van der Waals surface area contributed by atoms with Crippen LogP contribution in [0.3, 0.4) is 0 Å². The molecule has 0 spiro atoms. The molecule has 2 aromatic carbocycles. The van der Waals surface area contributed by atoms with E-state index in [4.69, 9.17) is 4.74 Å². The number of para-hydroxylation sites is 1. The van der Waals surface area contributed by atoms with Crippen molar-refractivity contribution >= 4 is 16.8 Å². The summed E-state index contributed by atoms with van der Waals surface area (Å²) in [5.74, 6) is 1.07. The summed E-state index contributed by atoms with van der Waals surface area (Å²) >= 11 is 0. The lowest BCUT2D eigenvalue weighted by atomic mass is 10.1. The molecule has 0 atom stereocenters. The Balaban J connectivity index is 1.87. The molecule has 3 aromatic rings. The maximum absolute atomic E-state index is 13.0. The van der Waals surface area contributed by atoms with Crippen molar-refractivity contribution in [1.82, 2.24) is 14.9 Å². The summed E-state index contributed by atoms with van der Waals surface area (Å²) < 4.78 is 5.42. The van der Waals surface area contributed by atoms with Crippen molar-refractivity contribution < 1.29 is 9.53 Å². The lowest BCUT2D eigenvalue weighted by molar-refractivity contribution is 0.0685. The average Bonchev–Trinajstić information content (AvgIpc) is 2.66. The number of aromatic amines is 1. The van der Waals surface area contributed by atoms with E-state index in [0.717, 1.165) is 5.75 Å². The van der Waals surface area contributed by atoms with Gasteiger partial charge in [0.2, 0.25) is 0 Å². The molecule has 0 saturated heterocycles. The van der Waals surface area contributed by atoms with Crippen LogP contribution in [0, 0.1) is 0 Å². The lowest BCUT2D eigenvalue weighted by Crippen LogP contribution is -2.37. The van der Waals surface area contributed by atoms with Gasteiger partial charge in [0.1, 0.15) is 11.6 Å². The van der Waals surface area contributed by atoms with Gasteiger partial charge in [-0.2, -0.15) is 0 Å². The molecule has 6 heteroatoms. The Morgan fingerprint density at radius 1 is 1.15 bits per heavy atom. The summed E-state index contributed by atoms with van der Waals surface area (Å²) in [6.45, 7) is 6.59. The number of nitrogens with zero attached hydrogens (tertiary/aromatic N) is 2. The van der Waals surface area contributed by atoms with Crippen LogP contribution < -0.4 is 10.3 Å². The van der Waals surface area contributed by atoms with Gasteiger partial charge < -0.3 is 14.6 Å². The standard InChI is InChI=1S/C21H23N3O3/c1-4-27-16-11-9-15(10-12-16)21(26)24(14(2)3)13-19-22-18-8-6-5-7-17(18)20(25)23-19/h5-12,14H,4,13H2,1-3H3,(H,22,23,25). The predicted molar refractivity (Wildman–Crippen MR) is 105 cm³/mol. The van der Waals surface area contributed by atoms with Gasteiger partial charge >= 0.3 is 0 Å². The van der Waals surface area contributed by atoms with E-state index >= 15 is 0 Å². The second-order valence-electron chi connectivity index (χ2n) is 6.51. The fourth-order valence-electron chi connectivity index (χ4n) is 2.89. The Bertz CT molecular complexity index is 993. The van der Waals surface area contributed by atoms with Crippen LogP contribution in [0.5, 0.6) is 5.75 Å². The molecule has 6 nitrogen and oxygen atoms in total. The van der Waals surface area contributed by atoms with Gasteiger partial charge in [-0.05, 0) is 57.2 Å². The summed E-state index contributed by atoms with van der Waals surface area (Å²) in [7, 11) is 0. The van der Waals surface area contributed by atoms with E-state index in [2.05, 4.69) is 9.97 Å². The molecule has 0 fully saturated rings. The molecule has 3 rings (SSSR count). The minimum atomic E-state index is -0.201. The van der Waals surface area contributed by atoms with Crippen LogP contribution in [-0.2, 0) is 6.54 Å². The highest BCUT2D eigenvalue weighted by molar-refractivity contribution is 5.94. The lowest BCUT2D eigenvalue weighted by Gasteiger charge is -2.26. The number of fused-ring (bicyclic) bond motifs is 1. The number of nitrogens with one attached hydrogen (secondary N) is 1. The first-order chi connectivity index (χ1) is 13.0. The van der Waals surface area contributed by atoms with E-state index in [1.54, 1.807) is 47.4 Å². The van der Waals surface area contributed by atoms with Gasteiger partial charge in [0.15, 0.2) is 0 Å². The van der Waals surface area contributed by atoms with Gasteiger partial charge in [-0.25, -0.2) is 4.98 Å². The van der Waals surface area contributed by atoms with Gasteiger partial charge in [-0.1, -0.05) is 12.1 Å². The maximum Gasteiger partial charge on any atom is 0.258 e. The van der Waals surface area contributed by atoms with Crippen molar-refractivity contribution in [2.75, 3.05) is 6.61 Å². The van der Waals surface area contributed by atoms with Crippen molar-refractivity contribution in [3.05, 3.63) is 70.3 Å². The van der Waals surface area contributed by atoms with Crippen molar-refractivity contribution in [3.63, 3.8) is 0 Å². The van der Waals surface area contributed by atoms with E-state index < -0.39 is 0 Å². The molecule has 27 heavy (non-hydrogen) atoms. The molecule has 0 saturated carbocycles. The minimum Gasteiger partial charge on any atom is -0.494 e. The molecule has 0 aliphatic heterocycles. The highest BCUT2D eigenvalue weighted by Gasteiger charge is 2.20. The highest BCUT2D eigenvalue weighted by atomic mass is 16.5. The zero-order valence-corrected chi connectivity index (χ0v) is 15.7. The zero-order chi connectivity index (χ0) is 19.4. The Morgan fingerprint density at radius 3 is 2.52 bits per heavy atom. The minimum absolute atomic E-state index is 0.0548. The topological polar surface area (TPSA) is 75.3 Å². The van der Waals surface area contributed by atoms with Crippen molar-refractivity contribution in [1.29, 1.82) is 0 Å². The molecule has 1 amide bonds.